The Bertz CT molecular complexity index is 253. The number of hydrogen-bond donors (Lipinski definition) is 2. The minimum Gasteiger partial charge on any atom is -0.396 e. The van der Waals surface area contributed by atoms with Crippen molar-refractivity contribution in [3.8, 4) is 0 Å². The van der Waals surface area contributed by atoms with E-state index in [2.05, 4.69) is 19.2 Å². The number of rotatable bonds is 5. The molecule has 0 aromatic rings. The molecule has 0 aromatic heterocycles. The van der Waals surface area contributed by atoms with Crippen molar-refractivity contribution in [3.05, 3.63) is 0 Å². The largest absolute Gasteiger partial charge is 0.396 e. The Labute approximate surface area is 118 Å². The van der Waals surface area contributed by atoms with E-state index in [0.717, 1.165) is 44.4 Å². The molecule has 0 radical (unpaired) electrons. The number of nitrogens with one attached hydrogen (secondary N) is 1. The van der Waals surface area contributed by atoms with E-state index in [9.17, 15) is 5.11 Å². The summed E-state index contributed by atoms with van der Waals surface area (Å²) < 4.78 is 5.42. The molecule has 1 saturated heterocycles. The molecule has 2 aliphatic rings. The van der Waals surface area contributed by atoms with Gasteiger partial charge in [0.05, 0.1) is 6.61 Å². The third kappa shape index (κ3) is 4.17. The summed E-state index contributed by atoms with van der Waals surface area (Å²) in [6, 6.07) is 0.668. The van der Waals surface area contributed by atoms with Gasteiger partial charge in [-0.05, 0) is 50.4 Å². The van der Waals surface area contributed by atoms with Crippen LogP contribution in [0.3, 0.4) is 0 Å². The maximum atomic E-state index is 9.69. The first-order valence-corrected chi connectivity index (χ1v) is 8.07. The minimum absolute atomic E-state index is 0.0765. The minimum atomic E-state index is 0.0765. The van der Waals surface area contributed by atoms with Gasteiger partial charge in [0.15, 0.2) is 0 Å². The standard InChI is InChI=1S/C16H31NO2/c1-13(2)14-3-5-15(6-4-14)17-11-16(12-18)7-9-19-10-8-16/h13-15,17-18H,3-12H2,1-2H3. The van der Waals surface area contributed by atoms with Crippen molar-refractivity contribution in [2.45, 2.75) is 58.4 Å². The molecule has 0 amide bonds. The second-order valence-electron chi connectivity index (χ2n) is 7.01. The fraction of sp³-hybridized carbons (Fsp3) is 1.00. The van der Waals surface area contributed by atoms with Gasteiger partial charge in [-0.1, -0.05) is 13.8 Å². The first-order valence-electron chi connectivity index (χ1n) is 8.07. The van der Waals surface area contributed by atoms with Gasteiger partial charge in [0.2, 0.25) is 0 Å². The van der Waals surface area contributed by atoms with E-state index in [1.165, 1.54) is 25.7 Å². The highest BCUT2D eigenvalue weighted by Gasteiger charge is 2.33. The van der Waals surface area contributed by atoms with Crippen LogP contribution >= 0.6 is 0 Å². The molecule has 3 heteroatoms. The lowest BCUT2D eigenvalue weighted by atomic mass is 9.78. The van der Waals surface area contributed by atoms with Crippen molar-refractivity contribution in [2.24, 2.45) is 17.3 Å². The zero-order valence-corrected chi connectivity index (χ0v) is 12.7. The average molecular weight is 269 g/mol. The van der Waals surface area contributed by atoms with E-state index in [0.29, 0.717) is 12.6 Å². The molecule has 19 heavy (non-hydrogen) atoms. The molecule has 2 rings (SSSR count). The van der Waals surface area contributed by atoms with Crippen LogP contribution in [0.4, 0.5) is 0 Å². The first-order chi connectivity index (χ1) is 9.15. The fourth-order valence-corrected chi connectivity index (χ4v) is 3.55. The van der Waals surface area contributed by atoms with Crippen molar-refractivity contribution in [1.29, 1.82) is 0 Å². The molecule has 1 aliphatic carbocycles. The van der Waals surface area contributed by atoms with Gasteiger partial charge in [0.1, 0.15) is 0 Å². The van der Waals surface area contributed by atoms with Crippen LogP contribution in [-0.4, -0.2) is 37.5 Å². The number of aliphatic hydroxyl groups excluding tert-OH is 1. The van der Waals surface area contributed by atoms with Crippen LogP contribution in [0.1, 0.15) is 52.4 Å². The topological polar surface area (TPSA) is 41.5 Å². The maximum Gasteiger partial charge on any atom is 0.0501 e. The molecule has 2 N–H and O–H groups in total. The summed E-state index contributed by atoms with van der Waals surface area (Å²) in [4.78, 5) is 0. The highest BCUT2D eigenvalue weighted by molar-refractivity contribution is 4.86. The van der Waals surface area contributed by atoms with E-state index in [1.807, 2.05) is 0 Å². The Morgan fingerprint density at radius 2 is 1.79 bits per heavy atom. The molecule has 112 valence electrons. The molecule has 0 bridgehead atoms. The van der Waals surface area contributed by atoms with Crippen molar-refractivity contribution < 1.29 is 9.84 Å². The predicted molar refractivity (Wildman–Crippen MR) is 78.2 cm³/mol. The summed E-state index contributed by atoms with van der Waals surface area (Å²) in [6.45, 7) is 7.57. The van der Waals surface area contributed by atoms with Crippen LogP contribution in [0.5, 0.6) is 0 Å². The summed E-state index contributed by atoms with van der Waals surface area (Å²) in [7, 11) is 0. The van der Waals surface area contributed by atoms with Crippen molar-refractivity contribution in [3.63, 3.8) is 0 Å². The van der Waals surface area contributed by atoms with Gasteiger partial charge in [-0.25, -0.2) is 0 Å². The smallest absolute Gasteiger partial charge is 0.0501 e. The van der Waals surface area contributed by atoms with Crippen LogP contribution in [0.15, 0.2) is 0 Å². The Balaban J connectivity index is 1.73. The lowest BCUT2D eigenvalue weighted by Gasteiger charge is -2.38. The maximum absolute atomic E-state index is 9.69. The first kappa shape index (κ1) is 15.3. The van der Waals surface area contributed by atoms with Gasteiger partial charge >= 0.3 is 0 Å². The quantitative estimate of drug-likeness (QED) is 0.806. The van der Waals surface area contributed by atoms with Gasteiger partial charge in [0, 0.05) is 31.2 Å². The Morgan fingerprint density at radius 3 is 2.32 bits per heavy atom. The average Bonchev–Trinajstić information content (AvgIpc) is 2.46. The highest BCUT2D eigenvalue weighted by atomic mass is 16.5. The number of hydrogen-bond acceptors (Lipinski definition) is 3. The van der Waals surface area contributed by atoms with Crippen LogP contribution in [-0.2, 0) is 4.74 Å². The number of aliphatic hydroxyl groups is 1. The highest BCUT2D eigenvalue weighted by Crippen LogP contribution is 2.32. The SMILES string of the molecule is CC(C)C1CCC(NCC2(CO)CCOCC2)CC1. The zero-order chi connectivity index (χ0) is 13.7. The molecule has 0 unspecified atom stereocenters. The lowest BCUT2D eigenvalue weighted by molar-refractivity contribution is -0.0173. The van der Waals surface area contributed by atoms with Gasteiger partial charge < -0.3 is 15.2 Å². The molecular formula is C16H31NO2. The van der Waals surface area contributed by atoms with Crippen LogP contribution in [0.2, 0.25) is 0 Å². The third-order valence-electron chi connectivity index (χ3n) is 5.37. The van der Waals surface area contributed by atoms with Crippen molar-refractivity contribution >= 4 is 0 Å². The Hall–Kier alpha value is -0.120. The van der Waals surface area contributed by atoms with E-state index in [4.69, 9.17) is 4.74 Å². The van der Waals surface area contributed by atoms with E-state index < -0.39 is 0 Å². The summed E-state index contributed by atoms with van der Waals surface area (Å²) in [5.74, 6) is 1.76. The van der Waals surface area contributed by atoms with Gasteiger partial charge in [-0.15, -0.1) is 0 Å². The van der Waals surface area contributed by atoms with E-state index >= 15 is 0 Å². The van der Waals surface area contributed by atoms with E-state index in [-0.39, 0.29) is 5.41 Å². The fourth-order valence-electron chi connectivity index (χ4n) is 3.55. The second kappa shape index (κ2) is 7.05. The lowest BCUT2D eigenvalue weighted by Crippen LogP contribution is -2.46. The third-order valence-corrected chi connectivity index (χ3v) is 5.37. The molecule has 1 heterocycles. The van der Waals surface area contributed by atoms with E-state index in [1.54, 1.807) is 0 Å². The molecule has 1 saturated carbocycles. The molecule has 3 nitrogen and oxygen atoms in total. The van der Waals surface area contributed by atoms with Crippen molar-refractivity contribution in [1.82, 2.24) is 5.32 Å². The predicted octanol–water partition coefficient (Wildman–Crippen LogP) is 2.58. The summed E-state index contributed by atoms with van der Waals surface area (Å²) in [6.07, 6.45) is 7.34. The molecule has 2 fully saturated rings. The molecule has 0 atom stereocenters. The second-order valence-corrected chi connectivity index (χ2v) is 7.01. The van der Waals surface area contributed by atoms with Crippen LogP contribution in [0.25, 0.3) is 0 Å². The zero-order valence-electron chi connectivity index (χ0n) is 12.7. The molecule has 0 aromatic carbocycles. The summed E-state index contributed by atoms with van der Waals surface area (Å²) in [5.41, 5.74) is 0.0765. The van der Waals surface area contributed by atoms with Crippen molar-refractivity contribution in [2.75, 3.05) is 26.4 Å². The number of ether oxygens (including phenoxy) is 1. The van der Waals surface area contributed by atoms with Gasteiger partial charge in [-0.3, -0.25) is 0 Å². The van der Waals surface area contributed by atoms with Gasteiger partial charge in [0.25, 0.3) is 0 Å². The summed E-state index contributed by atoms with van der Waals surface area (Å²) in [5, 5.41) is 13.4. The van der Waals surface area contributed by atoms with Crippen LogP contribution < -0.4 is 5.32 Å². The Kier molecular flexibility index (Phi) is 5.67. The molecule has 1 aliphatic heterocycles. The summed E-state index contributed by atoms with van der Waals surface area (Å²) >= 11 is 0. The molecular weight excluding hydrogens is 238 g/mol. The molecule has 0 spiro atoms. The monoisotopic (exact) mass is 269 g/mol. The van der Waals surface area contributed by atoms with Crippen LogP contribution in [0, 0.1) is 17.3 Å². The Morgan fingerprint density at radius 1 is 1.16 bits per heavy atom. The van der Waals surface area contributed by atoms with Gasteiger partial charge in [-0.2, -0.15) is 0 Å². The normalized spacial score (nSPS) is 31.6.